The standard InChI is InChI=1S/C29H30FN7O5S/c1-16-3-6-22-18(11-16)25(31-32-29(43)33-42-2)27(39)37(22)15-34-7-9-35(10-8-34)24-13-23-19(12-21(24)30)26(38)20(28(40)41)14-36(23)17-4-5-17/h3,6,11-14,17,39H,4-5,7-10,15H2,1-2H3,(H,33,43)(H,40,41). The number of aromatic carboxylic acids is 1. The predicted molar refractivity (Wildman–Crippen MR) is 163 cm³/mol. The summed E-state index contributed by atoms with van der Waals surface area (Å²) in [6.07, 6.45) is 3.14. The Morgan fingerprint density at radius 2 is 1.88 bits per heavy atom. The third-order valence-electron chi connectivity index (χ3n) is 7.92. The molecular weight excluding hydrogens is 577 g/mol. The number of carbonyl (C=O) groups is 1. The fourth-order valence-electron chi connectivity index (χ4n) is 5.62. The molecule has 0 radical (unpaired) electrons. The van der Waals surface area contributed by atoms with Crippen molar-refractivity contribution in [2.75, 3.05) is 38.2 Å². The molecule has 43 heavy (non-hydrogen) atoms. The largest absolute Gasteiger partial charge is 0.493 e. The summed E-state index contributed by atoms with van der Waals surface area (Å²) >= 11 is 5.05. The molecule has 4 aromatic rings. The van der Waals surface area contributed by atoms with Gasteiger partial charge in [0.15, 0.2) is 5.69 Å². The van der Waals surface area contributed by atoms with E-state index in [1.54, 1.807) is 15.2 Å². The maximum absolute atomic E-state index is 15.4. The number of aromatic nitrogens is 2. The summed E-state index contributed by atoms with van der Waals surface area (Å²) in [7, 11) is 1.41. The fraction of sp³-hybridized carbons (Fsp3) is 0.345. The van der Waals surface area contributed by atoms with Crippen LogP contribution in [0.25, 0.3) is 21.8 Å². The number of halogens is 1. The van der Waals surface area contributed by atoms with Gasteiger partial charge in [-0.1, -0.05) is 11.6 Å². The second-order valence-corrected chi connectivity index (χ2v) is 11.2. The van der Waals surface area contributed by atoms with Crippen molar-refractivity contribution in [3.05, 3.63) is 63.7 Å². The molecule has 2 fully saturated rings. The van der Waals surface area contributed by atoms with E-state index in [1.165, 1.54) is 19.4 Å². The molecule has 2 aromatic carbocycles. The summed E-state index contributed by atoms with van der Waals surface area (Å²) in [5.74, 6) is -1.94. The minimum atomic E-state index is -1.32. The van der Waals surface area contributed by atoms with Gasteiger partial charge in [0, 0.05) is 49.2 Å². The summed E-state index contributed by atoms with van der Waals surface area (Å²) in [4.78, 5) is 33.3. The second-order valence-electron chi connectivity index (χ2n) is 10.8. The first-order valence-electron chi connectivity index (χ1n) is 13.8. The number of carboxylic acid groups (broad SMARTS) is 1. The maximum atomic E-state index is 15.4. The van der Waals surface area contributed by atoms with Gasteiger partial charge in [0.25, 0.3) is 0 Å². The molecule has 12 nitrogen and oxygen atoms in total. The van der Waals surface area contributed by atoms with Crippen LogP contribution in [0.4, 0.5) is 15.8 Å². The van der Waals surface area contributed by atoms with E-state index in [9.17, 15) is 19.8 Å². The number of hydrogen-bond acceptors (Lipinski definition) is 8. The maximum Gasteiger partial charge on any atom is 0.341 e. The summed E-state index contributed by atoms with van der Waals surface area (Å²) in [6, 6.07) is 8.73. The number of nitrogens with one attached hydrogen (secondary N) is 1. The molecule has 14 heteroatoms. The highest BCUT2D eigenvalue weighted by Gasteiger charge is 2.29. The van der Waals surface area contributed by atoms with Crippen molar-refractivity contribution in [2.45, 2.75) is 32.5 Å². The predicted octanol–water partition coefficient (Wildman–Crippen LogP) is 4.44. The molecule has 1 aliphatic heterocycles. The molecule has 2 aromatic heterocycles. The Labute approximate surface area is 250 Å². The van der Waals surface area contributed by atoms with Crippen molar-refractivity contribution in [2.24, 2.45) is 10.2 Å². The van der Waals surface area contributed by atoms with Crippen molar-refractivity contribution in [1.29, 1.82) is 0 Å². The number of azo groups is 1. The van der Waals surface area contributed by atoms with Crippen molar-refractivity contribution in [3.8, 4) is 5.88 Å². The Bertz CT molecular complexity index is 1860. The van der Waals surface area contributed by atoms with E-state index in [4.69, 9.17) is 17.1 Å². The van der Waals surface area contributed by atoms with Gasteiger partial charge in [-0.3, -0.25) is 19.1 Å². The molecule has 3 heterocycles. The number of nitrogens with zero attached hydrogens (tertiary/aromatic N) is 6. The van der Waals surface area contributed by atoms with E-state index in [1.807, 2.05) is 30.0 Å². The fourth-order valence-corrected chi connectivity index (χ4v) is 5.74. The molecule has 0 unspecified atom stereocenters. The first kappa shape index (κ1) is 28.7. The van der Waals surface area contributed by atoms with Gasteiger partial charge in [-0.05, 0) is 56.2 Å². The molecular formula is C29H30FN7O5S. The number of piperazine rings is 1. The van der Waals surface area contributed by atoms with Gasteiger partial charge in [0.1, 0.15) is 11.4 Å². The lowest BCUT2D eigenvalue weighted by Crippen LogP contribution is -2.47. The zero-order valence-corrected chi connectivity index (χ0v) is 24.4. The van der Waals surface area contributed by atoms with Crippen LogP contribution >= 0.6 is 12.2 Å². The van der Waals surface area contributed by atoms with E-state index in [2.05, 4.69) is 20.6 Å². The molecule has 6 rings (SSSR count). The average molecular weight is 608 g/mol. The van der Waals surface area contributed by atoms with Gasteiger partial charge in [-0.25, -0.2) is 14.7 Å². The molecule has 2 aliphatic rings. The number of hydrogen-bond donors (Lipinski definition) is 3. The Kier molecular flexibility index (Phi) is 7.58. The van der Waals surface area contributed by atoms with E-state index in [0.29, 0.717) is 49.7 Å². The van der Waals surface area contributed by atoms with Crippen LogP contribution in [0, 0.1) is 12.7 Å². The summed E-state index contributed by atoms with van der Waals surface area (Å²) in [5, 5.41) is 29.6. The van der Waals surface area contributed by atoms with Gasteiger partial charge in [-0.2, -0.15) is 0 Å². The number of benzene rings is 2. The number of anilines is 1. The van der Waals surface area contributed by atoms with Crippen LogP contribution in [0.15, 0.2) is 51.6 Å². The van der Waals surface area contributed by atoms with Gasteiger partial charge in [0.05, 0.1) is 30.5 Å². The van der Waals surface area contributed by atoms with Crippen LogP contribution in [0.2, 0.25) is 0 Å². The lowest BCUT2D eigenvalue weighted by Gasteiger charge is -2.36. The van der Waals surface area contributed by atoms with Crippen molar-refractivity contribution in [3.63, 3.8) is 0 Å². The molecule has 1 saturated heterocycles. The first-order valence-corrected chi connectivity index (χ1v) is 14.2. The van der Waals surface area contributed by atoms with Crippen LogP contribution < -0.4 is 15.8 Å². The van der Waals surface area contributed by atoms with Crippen LogP contribution in [-0.2, 0) is 11.5 Å². The molecule has 3 N–H and O–H groups in total. The summed E-state index contributed by atoms with van der Waals surface area (Å²) in [5.41, 5.74) is 4.37. The van der Waals surface area contributed by atoms with Crippen LogP contribution in [0.1, 0.15) is 34.8 Å². The molecule has 0 amide bonds. The summed E-state index contributed by atoms with van der Waals surface area (Å²) < 4.78 is 19.0. The highest BCUT2D eigenvalue weighted by atomic mass is 32.1. The smallest absolute Gasteiger partial charge is 0.341 e. The molecule has 1 aliphatic carbocycles. The molecule has 0 bridgehead atoms. The minimum Gasteiger partial charge on any atom is -0.493 e. The third-order valence-corrected chi connectivity index (χ3v) is 8.09. The molecule has 224 valence electrons. The van der Waals surface area contributed by atoms with E-state index in [0.717, 1.165) is 29.3 Å². The van der Waals surface area contributed by atoms with Crippen LogP contribution in [0.5, 0.6) is 5.88 Å². The van der Waals surface area contributed by atoms with Gasteiger partial charge in [0.2, 0.25) is 16.4 Å². The number of rotatable bonds is 7. The monoisotopic (exact) mass is 607 g/mol. The Hall–Kier alpha value is -4.40. The number of thiocarbonyl (C=S) groups is 1. The van der Waals surface area contributed by atoms with Gasteiger partial charge < -0.3 is 19.7 Å². The van der Waals surface area contributed by atoms with E-state index >= 15 is 4.39 Å². The normalized spacial score (nSPS) is 16.0. The Morgan fingerprint density at radius 3 is 2.56 bits per heavy atom. The minimum absolute atomic E-state index is 0.0175. The summed E-state index contributed by atoms with van der Waals surface area (Å²) in [6.45, 7) is 4.49. The quantitative estimate of drug-likeness (QED) is 0.158. The topological polar surface area (TPSA) is 137 Å². The van der Waals surface area contributed by atoms with Crippen LogP contribution in [-0.4, -0.2) is 68.6 Å². The highest BCUT2D eigenvalue weighted by molar-refractivity contribution is 7.80. The number of aryl methyl sites for hydroxylation is 1. The van der Waals surface area contributed by atoms with Crippen LogP contribution in [0.3, 0.4) is 0 Å². The zero-order chi connectivity index (χ0) is 30.4. The lowest BCUT2D eigenvalue weighted by molar-refractivity contribution is 0.0694. The number of hydroxylamine groups is 1. The van der Waals surface area contributed by atoms with E-state index < -0.39 is 17.2 Å². The molecule has 1 saturated carbocycles. The number of pyridine rings is 1. The van der Waals surface area contributed by atoms with Crippen molar-refractivity contribution < 1.29 is 24.2 Å². The SMILES string of the molecule is CONC(=S)N=Nc1c(O)n(CN2CCN(c3cc4c(cc3F)c(=O)c(C(=O)O)cn4C3CC3)CC2)c2ccc(C)cc12. The number of aromatic hydroxyl groups is 1. The average Bonchev–Trinajstić information content (AvgIpc) is 3.79. The number of fused-ring (bicyclic) bond motifs is 2. The molecule has 0 atom stereocenters. The first-order chi connectivity index (χ1) is 20.7. The van der Waals surface area contributed by atoms with Crippen molar-refractivity contribution in [1.82, 2.24) is 19.5 Å². The van der Waals surface area contributed by atoms with E-state index in [-0.39, 0.29) is 28.0 Å². The second kappa shape index (κ2) is 11.4. The Morgan fingerprint density at radius 1 is 1.14 bits per heavy atom. The number of carboxylic acids is 1. The van der Waals surface area contributed by atoms with Gasteiger partial charge >= 0.3 is 5.97 Å². The van der Waals surface area contributed by atoms with Gasteiger partial charge in [-0.15, -0.1) is 10.2 Å². The lowest BCUT2D eigenvalue weighted by atomic mass is 10.1. The zero-order valence-electron chi connectivity index (χ0n) is 23.6. The molecule has 0 spiro atoms. The third kappa shape index (κ3) is 5.44. The highest BCUT2D eigenvalue weighted by Crippen LogP contribution is 2.40. The van der Waals surface area contributed by atoms with Crippen molar-refractivity contribution >= 4 is 56.5 Å². The Balaban J connectivity index is 1.25.